The number of carbonyl (C=O) groups is 1. The molecule has 0 amide bonds. The van der Waals surface area contributed by atoms with Crippen molar-refractivity contribution in [3.05, 3.63) is 130 Å². The maximum absolute atomic E-state index is 13.1. The minimum absolute atomic E-state index is 0.113. The molecule has 2 nitrogen and oxygen atoms in total. The third kappa shape index (κ3) is 5.46. The molecule has 4 aromatic rings. The van der Waals surface area contributed by atoms with Crippen LogP contribution in [0.2, 0.25) is 5.02 Å². The number of nitrogens with zero attached hydrogens (tertiary/aromatic N) is 1. The first-order valence-electron chi connectivity index (χ1n) is 10.1. The van der Waals surface area contributed by atoms with Gasteiger partial charge in [0, 0.05) is 9.92 Å². The predicted octanol–water partition coefficient (Wildman–Crippen LogP) is 8.01. The highest BCUT2D eigenvalue weighted by Gasteiger charge is 2.14. The van der Waals surface area contributed by atoms with Crippen LogP contribution in [0.4, 0.5) is 5.69 Å². The summed E-state index contributed by atoms with van der Waals surface area (Å²) in [6, 6.07) is 33.0. The minimum atomic E-state index is -0.113. The summed E-state index contributed by atoms with van der Waals surface area (Å²) < 4.78 is 0. The lowest BCUT2D eigenvalue weighted by Crippen LogP contribution is -1.94. The van der Waals surface area contributed by atoms with E-state index in [1.54, 1.807) is 18.2 Å². The number of benzene rings is 4. The fourth-order valence-corrected chi connectivity index (χ4v) is 4.09. The predicted molar refractivity (Wildman–Crippen MR) is 135 cm³/mol. The van der Waals surface area contributed by atoms with Gasteiger partial charge in [-0.2, -0.15) is 0 Å². The van der Waals surface area contributed by atoms with Crippen molar-refractivity contribution in [2.24, 2.45) is 4.99 Å². The molecule has 0 aliphatic carbocycles. The number of hydrogen-bond acceptors (Lipinski definition) is 3. The van der Waals surface area contributed by atoms with Gasteiger partial charge in [-0.3, -0.25) is 4.79 Å². The normalized spacial score (nSPS) is 10.3. The molecular formula is C28H20ClNOS. The molecule has 0 saturated carbocycles. The first-order valence-corrected chi connectivity index (χ1v) is 11.3. The average Bonchev–Trinajstić information content (AvgIpc) is 2.83. The van der Waals surface area contributed by atoms with Crippen LogP contribution in [0.1, 0.15) is 27.0 Å². The van der Waals surface area contributed by atoms with Crippen LogP contribution >= 0.6 is 23.4 Å². The van der Waals surface area contributed by atoms with Gasteiger partial charge in [0.15, 0.2) is 0 Å². The van der Waals surface area contributed by atoms with Crippen LogP contribution in [0.25, 0.3) is 5.57 Å². The zero-order valence-corrected chi connectivity index (χ0v) is 19.0. The van der Waals surface area contributed by atoms with E-state index >= 15 is 0 Å². The molecular weight excluding hydrogens is 434 g/mol. The van der Waals surface area contributed by atoms with E-state index < -0.39 is 0 Å². The van der Waals surface area contributed by atoms with Crippen LogP contribution in [0.15, 0.2) is 113 Å². The fraction of sp³-hybridized carbons (Fsp3) is 0.0357. The number of aryl methyl sites for hydroxylation is 1. The molecule has 0 fully saturated rings. The summed E-state index contributed by atoms with van der Waals surface area (Å²) in [5.41, 5.74) is 4.98. The Bertz CT molecular complexity index is 1250. The Morgan fingerprint density at radius 1 is 0.812 bits per heavy atom. The Morgan fingerprint density at radius 2 is 1.41 bits per heavy atom. The Hall–Kier alpha value is -3.36. The quantitative estimate of drug-likeness (QED) is 0.226. The van der Waals surface area contributed by atoms with Gasteiger partial charge in [0.1, 0.15) is 0 Å². The van der Waals surface area contributed by atoms with Gasteiger partial charge in [0.05, 0.1) is 16.8 Å². The second-order valence-electron chi connectivity index (χ2n) is 7.19. The van der Waals surface area contributed by atoms with Crippen LogP contribution in [-0.2, 0) is 0 Å². The van der Waals surface area contributed by atoms with E-state index in [4.69, 9.17) is 11.6 Å². The molecule has 4 heteroatoms. The second-order valence-corrected chi connectivity index (χ2v) is 8.68. The highest BCUT2D eigenvalue weighted by Crippen LogP contribution is 2.31. The van der Waals surface area contributed by atoms with E-state index in [9.17, 15) is 4.79 Å². The Kier molecular flexibility index (Phi) is 7.03. The summed E-state index contributed by atoms with van der Waals surface area (Å²) in [4.78, 5) is 18.5. The topological polar surface area (TPSA) is 29.4 Å². The van der Waals surface area contributed by atoms with Crippen molar-refractivity contribution in [3.8, 4) is 0 Å². The molecule has 4 rings (SSSR count). The monoisotopic (exact) mass is 453 g/mol. The van der Waals surface area contributed by atoms with Gasteiger partial charge in [0.2, 0.25) is 5.12 Å². The van der Waals surface area contributed by atoms with Crippen molar-refractivity contribution in [3.63, 3.8) is 0 Å². The van der Waals surface area contributed by atoms with Crippen LogP contribution < -0.4 is 0 Å². The molecule has 0 aliphatic heterocycles. The molecule has 0 spiro atoms. The van der Waals surface area contributed by atoms with Gasteiger partial charge in [-0.1, -0.05) is 90.0 Å². The number of rotatable bonds is 5. The number of hydrogen-bond donors (Lipinski definition) is 0. The molecule has 0 bridgehead atoms. The highest BCUT2D eigenvalue weighted by molar-refractivity contribution is 8.14. The lowest BCUT2D eigenvalue weighted by atomic mass is 9.99. The molecule has 0 aromatic heterocycles. The smallest absolute Gasteiger partial charge is 0.226 e. The summed E-state index contributed by atoms with van der Waals surface area (Å²) in [5.74, 6) is 3.19. The maximum Gasteiger partial charge on any atom is 0.226 e. The van der Waals surface area contributed by atoms with E-state index in [1.807, 2.05) is 91.9 Å². The summed E-state index contributed by atoms with van der Waals surface area (Å²) in [6.45, 7) is 2.02. The minimum Gasteiger partial charge on any atom is -0.281 e. The molecule has 156 valence electrons. The van der Waals surface area contributed by atoms with Gasteiger partial charge in [0.25, 0.3) is 0 Å². The van der Waals surface area contributed by atoms with Crippen LogP contribution in [0.5, 0.6) is 0 Å². The molecule has 0 aliphatic rings. The first kappa shape index (κ1) is 21.9. The van der Waals surface area contributed by atoms with Gasteiger partial charge in [-0.05, 0) is 66.0 Å². The van der Waals surface area contributed by atoms with Crippen molar-refractivity contribution >= 4 is 45.6 Å². The van der Waals surface area contributed by atoms with Gasteiger partial charge in [-0.25, -0.2) is 4.99 Å². The lowest BCUT2D eigenvalue weighted by molar-refractivity contribution is 0.108. The van der Waals surface area contributed by atoms with Crippen molar-refractivity contribution in [2.75, 3.05) is 0 Å². The number of aliphatic imine (C=N–C) groups is 1. The van der Waals surface area contributed by atoms with E-state index in [1.165, 1.54) is 0 Å². The zero-order chi connectivity index (χ0) is 22.3. The number of thioether (sulfide) groups is 1. The molecule has 32 heavy (non-hydrogen) atoms. The average molecular weight is 454 g/mol. The zero-order valence-electron chi connectivity index (χ0n) is 17.5. The van der Waals surface area contributed by atoms with Crippen LogP contribution in [-0.4, -0.2) is 11.0 Å². The third-order valence-electron chi connectivity index (χ3n) is 4.82. The molecule has 0 unspecified atom stereocenters. The fourth-order valence-electron chi connectivity index (χ4n) is 3.16. The van der Waals surface area contributed by atoms with Crippen molar-refractivity contribution in [1.82, 2.24) is 0 Å². The van der Waals surface area contributed by atoms with E-state index in [0.717, 1.165) is 38.9 Å². The molecule has 0 atom stereocenters. The molecule has 0 N–H and O–H groups in total. The first-order chi connectivity index (χ1) is 15.6. The van der Waals surface area contributed by atoms with Gasteiger partial charge < -0.3 is 0 Å². The van der Waals surface area contributed by atoms with Crippen molar-refractivity contribution in [2.45, 2.75) is 11.8 Å². The third-order valence-corrected chi connectivity index (χ3v) is 5.97. The Labute approximate surface area is 197 Å². The highest BCUT2D eigenvalue weighted by atomic mass is 35.5. The molecule has 0 saturated heterocycles. The second kappa shape index (κ2) is 10.3. The summed E-state index contributed by atoms with van der Waals surface area (Å²) in [6.07, 6.45) is 0. The maximum atomic E-state index is 13.1. The van der Waals surface area contributed by atoms with E-state index in [2.05, 4.69) is 10.9 Å². The Morgan fingerprint density at radius 3 is 2.00 bits per heavy atom. The Balaban J connectivity index is 1.76. The summed E-state index contributed by atoms with van der Waals surface area (Å²) >= 11 is 7.37. The SMILES string of the molecule is Cc1ccc(SC(=O)c2cc(Cl)ccc2N=C=C(c2ccccc2)c2ccccc2)cc1. The van der Waals surface area contributed by atoms with Gasteiger partial charge >= 0.3 is 0 Å². The lowest BCUT2D eigenvalue weighted by Gasteiger charge is -2.07. The van der Waals surface area contributed by atoms with Gasteiger partial charge in [-0.15, -0.1) is 0 Å². The van der Waals surface area contributed by atoms with Crippen molar-refractivity contribution < 1.29 is 4.79 Å². The largest absolute Gasteiger partial charge is 0.281 e. The molecule has 0 heterocycles. The number of carbonyl (C=O) groups excluding carboxylic acids is 1. The molecule has 4 aromatic carbocycles. The molecule has 0 radical (unpaired) electrons. The summed E-state index contributed by atoms with van der Waals surface area (Å²) in [5, 5.41) is 0.380. The van der Waals surface area contributed by atoms with Crippen LogP contribution in [0, 0.1) is 6.92 Å². The van der Waals surface area contributed by atoms with Crippen LogP contribution in [0.3, 0.4) is 0 Å². The standard InChI is InChI=1S/C28H20ClNOS/c1-20-12-15-24(16-13-20)32-28(31)25-18-23(29)14-17-27(25)30-19-26(21-8-4-2-5-9-21)22-10-6-3-7-11-22/h2-18H,1H3. The summed E-state index contributed by atoms with van der Waals surface area (Å²) in [7, 11) is 0. The van der Waals surface area contributed by atoms with Crippen molar-refractivity contribution in [1.29, 1.82) is 0 Å². The van der Waals surface area contributed by atoms with E-state index in [0.29, 0.717) is 16.3 Å². The number of halogens is 1. The van der Waals surface area contributed by atoms with E-state index in [-0.39, 0.29) is 5.12 Å².